The fraction of sp³-hybridized carbons (Fsp3) is 0.467. The number of nitrogens with zero attached hydrogens (tertiary/aromatic N) is 1. The molecule has 1 heterocycles. The van der Waals surface area contributed by atoms with Crippen LogP contribution in [0.4, 0.5) is 5.69 Å². The lowest BCUT2D eigenvalue weighted by Gasteiger charge is -2.29. The van der Waals surface area contributed by atoms with E-state index in [1.54, 1.807) is 24.3 Å². The molecule has 0 unspecified atom stereocenters. The van der Waals surface area contributed by atoms with Crippen LogP contribution in [-0.2, 0) is 9.59 Å². The van der Waals surface area contributed by atoms with Gasteiger partial charge in [-0.25, -0.2) is 4.90 Å². The van der Waals surface area contributed by atoms with Crippen LogP contribution in [0.15, 0.2) is 24.3 Å². The van der Waals surface area contributed by atoms with Gasteiger partial charge in [0, 0.05) is 11.8 Å². The van der Waals surface area contributed by atoms with Crippen LogP contribution in [0.5, 0.6) is 0 Å². The summed E-state index contributed by atoms with van der Waals surface area (Å²) in [4.78, 5) is 26.4. The van der Waals surface area contributed by atoms with Gasteiger partial charge in [0.25, 0.3) is 0 Å². The number of aliphatic hydroxyl groups excluding tert-OH is 2. The third kappa shape index (κ3) is 1.54. The molecule has 6 heteroatoms. The van der Waals surface area contributed by atoms with Gasteiger partial charge in [-0.05, 0) is 18.6 Å². The summed E-state index contributed by atoms with van der Waals surface area (Å²) in [7, 11) is 0. The molecular formula is C15H14ClNO4. The normalized spacial score (nSPS) is 41.0. The minimum Gasteiger partial charge on any atom is -0.390 e. The number of para-hydroxylation sites is 1. The molecule has 21 heavy (non-hydrogen) atoms. The van der Waals surface area contributed by atoms with Gasteiger partial charge in [-0.15, -0.1) is 0 Å². The number of halogens is 1. The monoisotopic (exact) mass is 307 g/mol. The van der Waals surface area contributed by atoms with Gasteiger partial charge >= 0.3 is 0 Å². The molecule has 6 atom stereocenters. The van der Waals surface area contributed by atoms with Crippen LogP contribution in [0, 0.1) is 23.7 Å². The summed E-state index contributed by atoms with van der Waals surface area (Å²) in [5.74, 6) is -2.35. The van der Waals surface area contributed by atoms with Crippen molar-refractivity contribution in [3.63, 3.8) is 0 Å². The van der Waals surface area contributed by atoms with Crippen LogP contribution in [0.25, 0.3) is 0 Å². The van der Waals surface area contributed by atoms with E-state index in [0.29, 0.717) is 17.1 Å². The Morgan fingerprint density at radius 3 is 2.05 bits per heavy atom. The molecule has 3 aliphatic rings. The molecule has 0 radical (unpaired) electrons. The molecule has 1 aromatic carbocycles. The summed E-state index contributed by atoms with van der Waals surface area (Å²) in [6.45, 7) is 0. The van der Waals surface area contributed by atoms with Crippen LogP contribution in [0.2, 0.25) is 5.02 Å². The number of imide groups is 1. The molecule has 0 aromatic heterocycles. The van der Waals surface area contributed by atoms with Gasteiger partial charge in [0.2, 0.25) is 11.8 Å². The summed E-state index contributed by atoms with van der Waals surface area (Å²) < 4.78 is 0. The van der Waals surface area contributed by atoms with E-state index in [-0.39, 0.29) is 23.7 Å². The number of carbonyl (C=O) groups is 2. The Hall–Kier alpha value is -1.43. The van der Waals surface area contributed by atoms with Crippen molar-refractivity contribution in [2.24, 2.45) is 23.7 Å². The van der Waals surface area contributed by atoms with E-state index >= 15 is 0 Å². The van der Waals surface area contributed by atoms with Crippen LogP contribution in [0.1, 0.15) is 6.42 Å². The SMILES string of the molecule is O=C1[C@@H]2[C@@H]3C[C@@H]([C@@H](O)[C@H]3O)[C@H]2C(=O)N1c1ccccc1Cl. The molecule has 2 saturated carbocycles. The number of fused-ring (bicyclic) bond motifs is 5. The predicted molar refractivity (Wildman–Crippen MR) is 74.5 cm³/mol. The van der Waals surface area contributed by atoms with E-state index in [4.69, 9.17) is 11.6 Å². The number of aliphatic hydroxyl groups is 2. The molecule has 2 N–H and O–H groups in total. The summed E-state index contributed by atoms with van der Waals surface area (Å²) in [6, 6.07) is 6.71. The zero-order chi connectivity index (χ0) is 14.9. The number of amides is 2. The van der Waals surface area contributed by atoms with Gasteiger partial charge in [-0.2, -0.15) is 0 Å². The van der Waals surface area contributed by atoms with Crippen LogP contribution in [0.3, 0.4) is 0 Å². The second-order valence-electron chi connectivity index (χ2n) is 6.06. The average molecular weight is 308 g/mol. The van der Waals surface area contributed by atoms with Crippen molar-refractivity contribution < 1.29 is 19.8 Å². The number of hydrogen-bond donors (Lipinski definition) is 2. The fourth-order valence-corrected chi connectivity index (χ4v) is 4.52. The van der Waals surface area contributed by atoms with Crippen LogP contribution in [-0.4, -0.2) is 34.2 Å². The first-order valence-corrected chi connectivity index (χ1v) is 7.38. The van der Waals surface area contributed by atoms with Crippen molar-refractivity contribution in [3.8, 4) is 0 Å². The van der Waals surface area contributed by atoms with Crippen LogP contribution >= 0.6 is 11.6 Å². The first-order chi connectivity index (χ1) is 10.0. The zero-order valence-electron chi connectivity index (χ0n) is 11.0. The first kappa shape index (κ1) is 13.2. The highest BCUT2D eigenvalue weighted by molar-refractivity contribution is 6.36. The minimum absolute atomic E-state index is 0.309. The molecule has 5 nitrogen and oxygen atoms in total. The third-order valence-corrected chi connectivity index (χ3v) is 5.51. The van der Waals surface area contributed by atoms with Crippen molar-refractivity contribution in [1.82, 2.24) is 0 Å². The van der Waals surface area contributed by atoms with Crippen LogP contribution < -0.4 is 4.90 Å². The summed E-state index contributed by atoms with van der Waals surface area (Å²) >= 11 is 6.09. The molecule has 1 aromatic rings. The summed E-state index contributed by atoms with van der Waals surface area (Å²) in [6.07, 6.45) is -1.30. The second kappa shape index (κ2) is 4.29. The number of rotatable bonds is 1. The quantitative estimate of drug-likeness (QED) is 0.753. The van der Waals surface area contributed by atoms with Gasteiger partial charge in [-0.3, -0.25) is 9.59 Å². The lowest BCUT2D eigenvalue weighted by atomic mass is 9.78. The molecular weight excluding hydrogens is 294 g/mol. The third-order valence-electron chi connectivity index (χ3n) is 5.19. The van der Waals surface area contributed by atoms with Crippen molar-refractivity contribution in [3.05, 3.63) is 29.3 Å². The molecule has 1 saturated heterocycles. The Balaban J connectivity index is 1.77. The van der Waals surface area contributed by atoms with Gasteiger partial charge in [0.05, 0.1) is 34.8 Å². The lowest BCUT2D eigenvalue weighted by molar-refractivity contribution is -0.129. The van der Waals surface area contributed by atoms with E-state index in [0.717, 1.165) is 4.90 Å². The van der Waals surface area contributed by atoms with E-state index in [9.17, 15) is 19.8 Å². The van der Waals surface area contributed by atoms with Gasteiger partial charge < -0.3 is 10.2 Å². The van der Waals surface area contributed by atoms with Crippen molar-refractivity contribution >= 4 is 29.1 Å². The Morgan fingerprint density at radius 2 is 1.52 bits per heavy atom. The van der Waals surface area contributed by atoms with Crippen molar-refractivity contribution in [2.45, 2.75) is 18.6 Å². The Bertz CT molecular complexity index is 616. The van der Waals surface area contributed by atoms with Crippen molar-refractivity contribution in [1.29, 1.82) is 0 Å². The fourth-order valence-electron chi connectivity index (χ4n) is 4.30. The van der Waals surface area contributed by atoms with Gasteiger partial charge in [0.1, 0.15) is 0 Å². The van der Waals surface area contributed by atoms with Gasteiger partial charge in [-0.1, -0.05) is 23.7 Å². The largest absolute Gasteiger partial charge is 0.390 e. The Morgan fingerprint density at radius 1 is 1.00 bits per heavy atom. The maximum Gasteiger partial charge on any atom is 0.238 e. The number of benzene rings is 1. The lowest BCUT2D eigenvalue weighted by Crippen LogP contribution is -2.43. The van der Waals surface area contributed by atoms with E-state index < -0.39 is 24.0 Å². The van der Waals surface area contributed by atoms with E-state index in [1.807, 2.05) is 0 Å². The maximum atomic E-state index is 12.6. The van der Waals surface area contributed by atoms with E-state index in [2.05, 4.69) is 0 Å². The highest BCUT2D eigenvalue weighted by Crippen LogP contribution is 2.57. The average Bonchev–Trinajstić information content (AvgIpc) is 3.06. The number of anilines is 1. The summed E-state index contributed by atoms with van der Waals surface area (Å²) in [5.41, 5.74) is 0.381. The molecule has 0 spiro atoms. The van der Waals surface area contributed by atoms with Gasteiger partial charge in [0.15, 0.2) is 0 Å². The second-order valence-corrected chi connectivity index (χ2v) is 6.47. The summed E-state index contributed by atoms with van der Waals surface area (Å²) in [5, 5.41) is 20.3. The first-order valence-electron chi connectivity index (χ1n) is 7.01. The minimum atomic E-state index is -0.917. The maximum absolute atomic E-state index is 12.6. The molecule has 1 aliphatic heterocycles. The highest BCUT2D eigenvalue weighted by Gasteiger charge is 2.67. The smallest absolute Gasteiger partial charge is 0.238 e. The molecule has 110 valence electrons. The molecule has 4 rings (SSSR count). The number of hydrogen-bond acceptors (Lipinski definition) is 4. The topological polar surface area (TPSA) is 77.8 Å². The Kier molecular flexibility index (Phi) is 2.70. The molecule has 2 bridgehead atoms. The number of carbonyl (C=O) groups excluding carboxylic acids is 2. The van der Waals surface area contributed by atoms with E-state index in [1.165, 1.54) is 0 Å². The molecule has 2 aliphatic carbocycles. The van der Waals surface area contributed by atoms with Crippen molar-refractivity contribution in [2.75, 3.05) is 4.90 Å². The zero-order valence-corrected chi connectivity index (χ0v) is 11.8. The standard InChI is InChI=1S/C15H14ClNO4/c16-8-3-1-2-4-9(8)17-14(20)10-6-5-7(11(10)15(17)21)13(19)12(6)18/h1-4,6-7,10-13,18-19H,5H2/t6-,7+,10-,11-,12-,13+/m1/s1. The highest BCUT2D eigenvalue weighted by atomic mass is 35.5. The molecule has 3 fully saturated rings. The Labute approximate surface area is 126 Å². The predicted octanol–water partition coefficient (Wildman–Crippen LogP) is 0.817. The molecule has 2 amide bonds.